The van der Waals surface area contributed by atoms with Gasteiger partial charge in [0, 0.05) is 17.8 Å². The molecule has 1 saturated carbocycles. The second-order valence-corrected chi connectivity index (χ2v) is 6.84. The molecule has 102 valence electrons. The third-order valence-electron chi connectivity index (χ3n) is 3.96. The molecule has 0 radical (unpaired) electrons. The molecule has 3 atom stereocenters. The van der Waals surface area contributed by atoms with Crippen LogP contribution in [0.1, 0.15) is 33.6 Å². The Hall–Kier alpha value is 0.270. The predicted molar refractivity (Wildman–Crippen MR) is 79.8 cm³/mol. The minimum absolute atomic E-state index is 0.711. The van der Waals surface area contributed by atoms with Crippen molar-refractivity contribution in [3.8, 4) is 0 Å². The third-order valence-corrected chi connectivity index (χ3v) is 4.78. The van der Waals surface area contributed by atoms with Crippen LogP contribution in [0.3, 0.4) is 0 Å². The van der Waals surface area contributed by atoms with E-state index in [1.165, 1.54) is 25.1 Å². The van der Waals surface area contributed by atoms with Crippen molar-refractivity contribution in [3.05, 3.63) is 0 Å². The largest absolute Gasteiger partial charge is 0.316 e. The summed E-state index contributed by atoms with van der Waals surface area (Å²) in [6, 6.07) is 1.53. The zero-order valence-electron chi connectivity index (χ0n) is 12.2. The Balaban J connectivity index is 2.25. The number of rotatable bonds is 8. The summed E-state index contributed by atoms with van der Waals surface area (Å²) in [7, 11) is 2.31. The molecule has 0 aromatic rings. The Morgan fingerprint density at radius 3 is 2.47 bits per heavy atom. The summed E-state index contributed by atoms with van der Waals surface area (Å²) in [6.45, 7) is 9.27. The van der Waals surface area contributed by atoms with E-state index in [1.54, 1.807) is 0 Å². The highest BCUT2D eigenvalue weighted by Crippen LogP contribution is 2.32. The van der Waals surface area contributed by atoms with Crippen LogP contribution in [-0.2, 0) is 0 Å². The molecule has 3 heteroatoms. The van der Waals surface area contributed by atoms with Gasteiger partial charge in [-0.1, -0.05) is 13.8 Å². The van der Waals surface area contributed by atoms with Crippen molar-refractivity contribution in [3.63, 3.8) is 0 Å². The van der Waals surface area contributed by atoms with Gasteiger partial charge in [-0.2, -0.15) is 11.8 Å². The number of nitrogens with one attached hydrogen (secondary N) is 1. The molecule has 1 rings (SSSR count). The molecule has 0 amide bonds. The van der Waals surface area contributed by atoms with E-state index in [4.69, 9.17) is 0 Å². The van der Waals surface area contributed by atoms with E-state index < -0.39 is 0 Å². The quantitative estimate of drug-likeness (QED) is 0.721. The van der Waals surface area contributed by atoms with E-state index in [0.29, 0.717) is 6.04 Å². The van der Waals surface area contributed by atoms with Gasteiger partial charge in [0.2, 0.25) is 0 Å². The van der Waals surface area contributed by atoms with Gasteiger partial charge in [-0.15, -0.1) is 0 Å². The van der Waals surface area contributed by atoms with Gasteiger partial charge in [0.1, 0.15) is 0 Å². The lowest BCUT2D eigenvalue weighted by atomic mass is 9.78. The molecule has 0 bridgehead atoms. The van der Waals surface area contributed by atoms with Crippen molar-refractivity contribution in [1.29, 1.82) is 0 Å². The molecule has 0 aromatic carbocycles. The van der Waals surface area contributed by atoms with Crippen LogP contribution in [0.4, 0.5) is 0 Å². The van der Waals surface area contributed by atoms with Gasteiger partial charge in [-0.3, -0.25) is 4.90 Å². The molecule has 1 fully saturated rings. The summed E-state index contributed by atoms with van der Waals surface area (Å²) < 4.78 is 0. The fourth-order valence-corrected chi connectivity index (χ4v) is 3.29. The number of hydrogen-bond acceptors (Lipinski definition) is 3. The van der Waals surface area contributed by atoms with E-state index in [-0.39, 0.29) is 0 Å². The van der Waals surface area contributed by atoms with E-state index in [1.807, 2.05) is 11.8 Å². The Morgan fingerprint density at radius 2 is 2.00 bits per heavy atom. The summed E-state index contributed by atoms with van der Waals surface area (Å²) in [5, 5.41) is 3.61. The van der Waals surface area contributed by atoms with E-state index in [0.717, 1.165) is 24.4 Å². The SMILES string of the molecule is CSCC(C)N(C)C1CCC1CNCC(C)C. The van der Waals surface area contributed by atoms with Crippen LogP contribution in [0.5, 0.6) is 0 Å². The fraction of sp³-hybridized carbons (Fsp3) is 1.00. The van der Waals surface area contributed by atoms with Crippen LogP contribution in [0.2, 0.25) is 0 Å². The Bertz CT molecular complexity index is 208. The van der Waals surface area contributed by atoms with Crippen molar-refractivity contribution in [2.75, 3.05) is 32.1 Å². The Kier molecular flexibility index (Phi) is 6.90. The first-order chi connectivity index (χ1) is 8.06. The number of thioether (sulfide) groups is 1. The molecule has 0 aromatic heterocycles. The average molecular weight is 258 g/mol. The standard InChI is InChI=1S/C14H30N2S/c1-11(2)8-15-9-13-6-7-14(13)16(4)12(3)10-17-5/h11-15H,6-10H2,1-5H3. The highest BCUT2D eigenvalue weighted by Gasteiger charge is 2.34. The predicted octanol–water partition coefficient (Wildman–Crippen LogP) is 2.69. The monoisotopic (exact) mass is 258 g/mol. The molecular weight excluding hydrogens is 228 g/mol. The first kappa shape index (κ1) is 15.3. The van der Waals surface area contributed by atoms with Gasteiger partial charge in [-0.25, -0.2) is 0 Å². The van der Waals surface area contributed by atoms with Gasteiger partial charge in [0.25, 0.3) is 0 Å². The zero-order chi connectivity index (χ0) is 12.8. The summed E-state index contributed by atoms with van der Waals surface area (Å²) in [5.74, 6) is 2.89. The van der Waals surface area contributed by atoms with Crippen molar-refractivity contribution in [2.45, 2.75) is 45.7 Å². The maximum Gasteiger partial charge on any atom is 0.0157 e. The molecule has 17 heavy (non-hydrogen) atoms. The molecule has 0 saturated heterocycles. The van der Waals surface area contributed by atoms with Gasteiger partial charge in [0.05, 0.1) is 0 Å². The van der Waals surface area contributed by atoms with Crippen LogP contribution in [0, 0.1) is 11.8 Å². The molecule has 2 nitrogen and oxygen atoms in total. The van der Waals surface area contributed by atoms with Gasteiger partial charge >= 0.3 is 0 Å². The molecule has 3 unspecified atom stereocenters. The minimum atomic E-state index is 0.711. The lowest BCUT2D eigenvalue weighted by Crippen LogP contribution is -2.52. The maximum absolute atomic E-state index is 3.61. The topological polar surface area (TPSA) is 15.3 Å². The fourth-order valence-electron chi connectivity index (χ4n) is 2.57. The summed E-state index contributed by atoms with van der Waals surface area (Å²) in [4.78, 5) is 2.60. The molecule has 0 spiro atoms. The Labute approximate surface area is 112 Å². The molecule has 1 N–H and O–H groups in total. The average Bonchev–Trinajstić information content (AvgIpc) is 2.22. The molecule has 1 aliphatic carbocycles. The summed E-state index contributed by atoms with van der Waals surface area (Å²) >= 11 is 1.96. The summed E-state index contributed by atoms with van der Waals surface area (Å²) in [6.07, 6.45) is 5.00. The van der Waals surface area contributed by atoms with Gasteiger partial charge in [0.15, 0.2) is 0 Å². The van der Waals surface area contributed by atoms with Crippen molar-refractivity contribution < 1.29 is 0 Å². The lowest BCUT2D eigenvalue weighted by Gasteiger charge is -2.45. The smallest absolute Gasteiger partial charge is 0.0157 e. The number of nitrogens with zero attached hydrogens (tertiary/aromatic N) is 1. The zero-order valence-corrected chi connectivity index (χ0v) is 13.0. The number of hydrogen-bond donors (Lipinski definition) is 1. The minimum Gasteiger partial charge on any atom is -0.316 e. The molecular formula is C14H30N2S. The molecule has 0 heterocycles. The van der Waals surface area contributed by atoms with Crippen LogP contribution in [-0.4, -0.2) is 49.1 Å². The second kappa shape index (κ2) is 7.65. The second-order valence-electron chi connectivity index (χ2n) is 5.93. The van der Waals surface area contributed by atoms with Gasteiger partial charge < -0.3 is 5.32 Å². The maximum atomic E-state index is 3.61. The van der Waals surface area contributed by atoms with Gasteiger partial charge in [-0.05, 0) is 58.0 Å². The molecule has 1 aliphatic rings. The van der Waals surface area contributed by atoms with E-state index >= 15 is 0 Å². The van der Waals surface area contributed by atoms with E-state index in [9.17, 15) is 0 Å². The van der Waals surface area contributed by atoms with Crippen LogP contribution in [0.15, 0.2) is 0 Å². The summed E-state index contributed by atoms with van der Waals surface area (Å²) in [5.41, 5.74) is 0. The molecule has 0 aliphatic heterocycles. The highest BCUT2D eigenvalue weighted by atomic mass is 32.2. The Morgan fingerprint density at radius 1 is 1.29 bits per heavy atom. The highest BCUT2D eigenvalue weighted by molar-refractivity contribution is 7.98. The van der Waals surface area contributed by atoms with Crippen molar-refractivity contribution >= 4 is 11.8 Å². The van der Waals surface area contributed by atoms with Crippen LogP contribution >= 0.6 is 11.8 Å². The third kappa shape index (κ3) is 4.80. The van der Waals surface area contributed by atoms with E-state index in [2.05, 4.69) is 44.3 Å². The lowest BCUT2D eigenvalue weighted by molar-refractivity contribution is 0.0619. The van der Waals surface area contributed by atoms with Crippen molar-refractivity contribution in [2.24, 2.45) is 11.8 Å². The van der Waals surface area contributed by atoms with Crippen LogP contribution < -0.4 is 5.32 Å². The van der Waals surface area contributed by atoms with Crippen LogP contribution in [0.25, 0.3) is 0 Å². The first-order valence-corrected chi connectivity index (χ1v) is 8.37. The first-order valence-electron chi connectivity index (χ1n) is 6.97. The normalized spacial score (nSPS) is 26.3. The van der Waals surface area contributed by atoms with Crippen molar-refractivity contribution in [1.82, 2.24) is 10.2 Å².